The van der Waals surface area contributed by atoms with E-state index in [1.54, 1.807) is 6.07 Å². The number of hydrogen-bond donors (Lipinski definition) is 6. The lowest BCUT2D eigenvalue weighted by Crippen LogP contribution is -3.00. The van der Waals surface area contributed by atoms with Crippen LogP contribution in [-0.2, 0) is 4.74 Å². The molecule has 0 aliphatic carbocycles. The highest BCUT2D eigenvalue weighted by molar-refractivity contribution is 5.88. The molecule has 1 aromatic heterocycles. The number of benzene rings is 2. The van der Waals surface area contributed by atoms with Gasteiger partial charge in [-0.1, -0.05) is 0 Å². The first-order valence-electron chi connectivity index (χ1n) is 10.3. The predicted octanol–water partition coefficient (Wildman–Crippen LogP) is -2.01. The summed E-state index contributed by atoms with van der Waals surface area (Å²) in [5, 5.41) is 60.7. The predicted molar refractivity (Wildman–Crippen MR) is 117 cm³/mol. The molecule has 2 heterocycles. The molecule has 5 atom stereocenters. The Labute approximate surface area is 205 Å². The minimum absolute atomic E-state index is 0. The summed E-state index contributed by atoms with van der Waals surface area (Å²) in [6, 6.07) is 8.76. The van der Waals surface area contributed by atoms with E-state index in [4.69, 9.17) is 23.4 Å². The number of phenols is 2. The average molecular weight is 513 g/mol. The Balaban J connectivity index is 0.00000342. The van der Waals surface area contributed by atoms with Gasteiger partial charge in [0.05, 0.1) is 32.5 Å². The first-order chi connectivity index (χ1) is 16.3. The lowest BCUT2D eigenvalue weighted by atomic mass is 9.99. The number of hydrogen-bond acceptors (Lipinski definition) is 10. The molecule has 1 aliphatic heterocycles. The summed E-state index contributed by atoms with van der Waals surface area (Å²) in [6.07, 6.45) is -7.56. The number of fused-ring (bicyclic) bond motifs is 1. The third kappa shape index (κ3) is 5.01. The van der Waals surface area contributed by atoms with Gasteiger partial charge in [0.15, 0.2) is 11.5 Å². The minimum atomic E-state index is -1.67. The summed E-state index contributed by atoms with van der Waals surface area (Å²) in [7, 11) is 2.81. The van der Waals surface area contributed by atoms with E-state index in [0.717, 1.165) is 0 Å². The van der Waals surface area contributed by atoms with Crippen LogP contribution in [0.25, 0.3) is 22.3 Å². The second-order valence-corrected chi connectivity index (χ2v) is 7.70. The van der Waals surface area contributed by atoms with Crippen molar-refractivity contribution in [2.75, 3.05) is 20.8 Å². The van der Waals surface area contributed by atoms with Crippen LogP contribution < -0.4 is 26.6 Å². The molecule has 11 nitrogen and oxygen atoms in total. The van der Waals surface area contributed by atoms with Gasteiger partial charge in [-0.15, -0.1) is 0 Å². The van der Waals surface area contributed by atoms with Crippen molar-refractivity contribution >= 4 is 11.0 Å². The summed E-state index contributed by atoms with van der Waals surface area (Å²) in [4.78, 5) is 0. The highest BCUT2D eigenvalue weighted by Crippen LogP contribution is 2.42. The Morgan fingerprint density at radius 1 is 0.886 bits per heavy atom. The van der Waals surface area contributed by atoms with Gasteiger partial charge in [0, 0.05) is 18.2 Å². The van der Waals surface area contributed by atoms with Gasteiger partial charge in [-0.05, 0) is 12.1 Å². The van der Waals surface area contributed by atoms with E-state index in [1.807, 2.05) is 0 Å². The number of halogens is 1. The van der Waals surface area contributed by atoms with Gasteiger partial charge in [-0.2, -0.15) is 0 Å². The lowest BCUT2D eigenvalue weighted by Gasteiger charge is -2.39. The maximum Gasteiger partial charge on any atom is 0.402 e. The molecule has 35 heavy (non-hydrogen) atoms. The average Bonchev–Trinajstić information content (AvgIpc) is 2.84. The second kappa shape index (κ2) is 10.7. The molecule has 6 N–H and O–H groups in total. The van der Waals surface area contributed by atoms with E-state index in [1.165, 1.54) is 44.6 Å². The lowest BCUT2D eigenvalue weighted by molar-refractivity contribution is -0.277. The molecule has 2 aromatic carbocycles. The Morgan fingerprint density at radius 2 is 1.63 bits per heavy atom. The van der Waals surface area contributed by atoms with Gasteiger partial charge in [0.25, 0.3) is 0 Å². The van der Waals surface area contributed by atoms with Crippen molar-refractivity contribution in [3.05, 3.63) is 36.4 Å². The Kier molecular flexibility index (Phi) is 8.11. The molecule has 1 fully saturated rings. The quantitative estimate of drug-likeness (QED) is 0.202. The molecule has 0 radical (unpaired) electrons. The van der Waals surface area contributed by atoms with Crippen molar-refractivity contribution in [3.8, 4) is 40.1 Å². The fraction of sp³-hybridized carbons (Fsp3) is 0.348. The highest BCUT2D eigenvalue weighted by atomic mass is 35.5. The fourth-order valence-corrected chi connectivity index (χ4v) is 3.69. The van der Waals surface area contributed by atoms with Crippen LogP contribution in [-0.4, -0.2) is 82.2 Å². The molecule has 190 valence electrons. The van der Waals surface area contributed by atoms with Crippen LogP contribution >= 0.6 is 0 Å². The van der Waals surface area contributed by atoms with Crippen molar-refractivity contribution in [3.63, 3.8) is 0 Å². The molecule has 0 bridgehead atoms. The van der Waals surface area contributed by atoms with Gasteiger partial charge >= 0.3 is 11.3 Å². The van der Waals surface area contributed by atoms with Crippen molar-refractivity contribution in [1.29, 1.82) is 0 Å². The molecule has 0 spiro atoms. The first-order valence-corrected chi connectivity index (χ1v) is 10.3. The number of aliphatic hydroxyl groups is 4. The molecule has 4 rings (SSSR count). The van der Waals surface area contributed by atoms with E-state index in [2.05, 4.69) is 0 Å². The van der Waals surface area contributed by atoms with E-state index >= 15 is 0 Å². The molecule has 0 unspecified atom stereocenters. The standard InChI is InChI=1S/C23H24O11.ClH/c1-30-11-6-14(26)12-8-17(33-23-21(29)20(28)19(27)18(9-24)34-23)22(32-15(12)7-11)10-3-4-13(25)16(5-10)31-2;/h3-8,18-21,23-24,27-29H,9H2,1-2H3,(H-,25,26);1H/t18-,19+,20+,21-,23-;/m1./s1. The van der Waals surface area contributed by atoms with E-state index in [9.17, 15) is 30.6 Å². The van der Waals surface area contributed by atoms with Gasteiger partial charge in [-0.3, -0.25) is 0 Å². The number of ether oxygens (including phenoxy) is 4. The molecule has 0 saturated carbocycles. The van der Waals surface area contributed by atoms with Crippen molar-refractivity contribution < 1.29 is 66.4 Å². The smallest absolute Gasteiger partial charge is 0.402 e. The van der Waals surface area contributed by atoms with Gasteiger partial charge < -0.3 is 62.0 Å². The van der Waals surface area contributed by atoms with Gasteiger partial charge in [-0.25, -0.2) is 4.42 Å². The number of phenolic OH excluding ortho intramolecular Hbond substituents is 2. The van der Waals surface area contributed by atoms with Crippen LogP contribution in [0.15, 0.2) is 40.8 Å². The van der Waals surface area contributed by atoms with Crippen LogP contribution in [0.2, 0.25) is 0 Å². The van der Waals surface area contributed by atoms with E-state index in [0.29, 0.717) is 11.3 Å². The number of rotatable bonds is 6. The molecular formula is C23H25ClO11. The summed E-state index contributed by atoms with van der Waals surface area (Å²) in [6.45, 7) is -0.629. The SMILES string of the molecule is COc1cc(O)c2cc(O[C@@H]3O[C@H](CO)[C@H](O)[C@H](O)[C@H]3O)c(-c3ccc(O)c(OC)c3)[o+]c2c1.[Cl-]. The van der Waals surface area contributed by atoms with E-state index < -0.39 is 37.3 Å². The molecule has 12 heteroatoms. The zero-order valence-electron chi connectivity index (χ0n) is 18.7. The molecule has 0 amide bonds. The molecule has 3 aromatic rings. The topological polar surface area (TPSA) is 170 Å². The Morgan fingerprint density at radius 3 is 2.29 bits per heavy atom. The summed E-state index contributed by atoms with van der Waals surface area (Å²) < 4.78 is 27.6. The molecule has 1 aliphatic rings. The van der Waals surface area contributed by atoms with Crippen LogP contribution in [0.3, 0.4) is 0 Å². The zero-order chi connectivity index (χ0) is 24.6. The monoisotopic (exact) mass is 512 g/mol. The number of methoxy groups -OCH3 is 2. The highest BCUT2D eigenvalue weighted by Gasteiger charge is 2.45. The maximum absolute atomic E-state index is 10.5. The minimum Gasteiger partial charge on any atom is -1.00 e. The van der Waals surface area contributed by atoms with Crippen molar-refractivity contribution in [1.82, 2.24) is 0 Å². The van der Waals surface area contributed by atoms with Gasteiger partial charge in [0.1, 0.15) is 41.3 Å². The largest absolute Gasteiger partial charge is 1.00 e. The van der Waals surface area contributed by atoms with Crippen molar-refractivity contribution in [2.24, 2.45) is 0 Å². The number of aromatic hydroxyl groups is 2. The Bertz CT molecular complexity index is 1190. The second-order valence-electron chi connectivity index (χ2n) is 7.70. The van der Waals surface area contributed by atoms with Crippen LogP contribution in [0.5, 0.6) is 28.7 Å². The fourth-order valence-electron chi connectivity index (χ4n) is 3.69. The molecular weight excluding hydrogens is 488 g/mol. The maximum atomic E-state index is 10.5. The third-order valence-electron chi connectivity index (χ3n) is 5.57. The van der Waals surface area contributed by atoms with E-state index in [-0.39, 0.29) is 52.1 Å². The van der Waals surface area contributed by atoms with Gasteiger partial charge in [0.2, 0.25) is 12.0 Å². The summed E-state index contributed by atoms with van der Waals surface area (Å²) in [5.74, 6) is 0.306. The summed E-state index contributed by atoms with van der Waals surface area (Å²) >= 11 is 0. The third-order valence-corrected chi connectivity index (χ3v) is 5.57. The zero-order valence-corrected chi connectivity index (χ0v) is 19.4. The van der Waals surface area contributed by atoms with Crippen LogP contribution in [0.1, 0.15) is 0 Å². The van der Waals surface area contributed by atoms with Crippen molar-refractivity contribution in [2.45, 2.75) is 30.7 Å². The number of aliphatic hydroxyl groups excluding tert-OH is 4. The first kappa shape index (κ1) is 26.5. The summed E-state index contributed by atoms with van der Waals surface area (Å²) in [5.41, 5.74) is 0.637. The molecule has 1 saturated heterocycles. The Hall–Kier alpha value is -3.06. The van der Waals surface area contributed by atoms with Crippen LogP contribution in [0, 0.1) is 0 Å². The normalized spacial score (nSPS) is 24.0. The van der Waals surface area contributed by atoms with Crippen LogP contribution in [0.4, 0.5) is 0 Å².